The van der Waals surface area contributed by atoms with Gasteiger partial charge in [0.2, 0.25) is 0 Å². The third-order valence-electron chi connectivity index (χ3n) is 3.53. The van der Waals surface area contributed by atoms with Crippen LogP contribution in [0.2, 0.25) is 0 Å². The molecule has 0 radical (unpaired) electrons. The molecule has 1 heterocycles. The van der Waals surface area contributed by atoms with Gasteiger partial charge in [0.25, 0.3) is 0 Å². The van der Waals surface area contributed by atoms with E-state index in [2.05, 4.69) is 41.2 Å². The number of nitrogens with one attached hydrogen (secondary N) is 1. The zero-order valence-electron chi connectivity index (χ0n) is 12.3. The lowest BCUT2D eigenvalue weighted by Crippen LogP contribution is -2.23. The van der Waals surface area contributed by atoms with E-state index in [1.807, 2.05) is 6.92 Å². The van der Waals surface area contributed by atoms with Gasteiger partial charge in [0, 0.05) is 21.4 Å². The minimum atomic E-state index is -0.511. The third-order valence-corrected chi connectivity index (χ3v) is 5.40. The van der Waals surface area contributed by atoms with E-state index in [0.717, 1.165) is 11.4 Å². The molecule has 0 aliphatic heterocycles. The van der Waals surface area contributed by atoms with E-state index >= 15 is 0 Å². The molecule has 0 aliphatic rings. The van der Waals surface area contributed by atoms with Gasteiger partial charge in [0.15, 0.2) is 0 Å². The van der Waals surface area contributed by atoms with Gasteiger partial charge in [-0.1, -0.05) is 6.92 Å². The molecule has 0 spiro atoms. The first-order valence-electron chi connectivity index (χ1n) is 6.86. The number of likely N-dealkylation sites (N-methyl/N-ethyl adjacent to an activating group) is 1. The van der Waals surface area contributed by atoms with E-state index < -0.39 is 11.6 Å². The Morgan fingerprint density at radius 1 is 1.29 bits per heavy atom. The fourth-order valence-corrected chi connectivity index (χ4v) is 3.74. The molecule has 0 saturated carbocycles. The maximum absolute atomic E-state index is 14.2. The second-order valence-corrected chi connectivity index (χ2v) is 7.17. The van der Waals surface area contributed by atoms with Crippen molar-refractivity contribution in [3.63, 3.8) is 0 Å². The van der Waals surface area contributed by atoms with Gasteiger partial charge >= 0.3 is 0 Å². The lowest BCUT2D eigenvalue weighted by atomic mass is 10.0. The Balaban J connectivity index is 2.35. The number of aryl methyl sites for hydroxylation is 2. The number of hydrogen-bond donors (Lipinski definition) is 1. The quantitative estimate of drug-likeness (QED) is 0.701. The number of benzene rings is 1. The van der Waals surface area contributed by atoms with Gasteiger partial charge in [0.1, 0.15) is 11.6 Å². The third kappa shape index (κ3) is 3.71. The molecule has 0 amide bonds. The van der Waals surface area contributed by atoms with Gasteiger partial charge < -0.3 is 5.32 Å². The summed E-state index contributed by atoms with van der Waals surface area (Å²) in [6, 6.07) is 4.72. The Morgan fingerprint density at radius 2 is 2.00 bits per heavy atom. The summed E-state index contributed by atoms with van der Waals surface area (Å²) in [6.07, 6.45) is 0.296. The highest BCUT2D eigenvalue weighted by atomic mass is 79.9. The molecule has 1 aromatic heterocycles. The fraction of sp³-hybridized carbons (Fsp3) is 0.375. The van der Waals surface area contributed by atoms with E-state index in [1.54, 1.807) is 11.3 Å². The van der Waals surface area contributed by atoms with Crippen molar-refractivity contribution < 1.29 is 8.78 Å². The van der Waals surface area contributed by atoms with Crippen molar-refractivity contribution in [1.82, 2.24) is 5.32 Å². The molecule has 2 aromatic rings. The van der Waals surface area contributed by atoms with E-state index in [0.29, 0.717) is 10.9 Å². The molecular formula is C16H18BrF2NS. The van der Waals surface area contributed by atoms with E-state index in [4.69, 9.17) is 0 Å². The van der Waals surface area contributed by atoms with Crippen LogP contribution < -0.4 is 5.32 Å². The number of thiophene rings is 1. The first-order valence-corrected chi connectivity index (χ1v) is 8.47. The highest BCUT2D eigenvalue weighted by Crippen LogP contribution is 2.31. The average molecular weight is 374 g/mol. The molecule has 0 aliphatic carbocycles. The number of rotatable bonds is 5. The molecule has 1 aromatic carbocycles. The predicted octanol–water partition coefficient (Wildman–Crippen LogP) is 5.30. The first-order chi connectivity index (χ1) is 9.93. The van der Waals surface area contributed by atoms with Crippen molar-refractivity contribution in [2.45, 2.75) is 33.2 Å². The second kappa shape index (κ2) is 6.99. The van der Waals surface area contributed by atoms with E-state index in [-0.39, 0.29) is 11.6 Å². The standard InChI is InChI=1S/C16H18BrF2NS/c1-4-20-14(15-7-9(2)10(3)21-15)8-11-13(18)6-5-12(17)16(11)19/h5-7,14,20H,4,8H2,1-3H3. The largest absolute Gasteiger partial charge is 0.309 e. The smallest absolute Gasteiger partial charge is 0.143 e. The maximum Gasteiger partial charge on any atom is 0.143 e. The summed E-state index contributed by atoms with van der Waals surface area (Å²) in [5, 5.41) is 3.32. The monoisotopic (exact) mass is 373 g/mol. The molecular weight excluding hydrogens is 356 g/mol. The van der Waals surface area contributed by atoms with Crippen molar-refractivity contribution in [2.75, 3.05) is 6.54 Å². The zero-order valence-corrected chi connectivity index (χ0v) is 14.7. The van der Waals surface area contributed by atoms with Crippen LogP contribution in [0.15, 0.2) is 22.7 Å². The minimum Gasteiger partial charge on any atom is -0.309 e. The Labute approximate surface area is 136 Å². The first kappa shape index (κ1) is 16.6. The lowest BCUT2D eigenvalue weighted by molar-refractivity contribution is 0.501. The van der Waals surface area contributed by atoms with Gasteiger partial charge in [-0.15, -0.1) is 11.3 Å². The molecule has 1 atom stereocenters. The Bertz CT molecular complexity index is 620. The molecule has 1 N–H and O–H groups in total. The highest BCUT2D eigenvalue weighted by molar-refractivity contribution is 9.10. The van der Waals surface area contributed by atoms with Crippen molar-refractivity contribution in [1.29, 1.82) is 0 Å². The maximum atomic E-state index is 14.2. The number of hydrogen-bond acceptors (Lipinski definition) is 2. The van der Waals surface area contributed by atoms with Gasteiger partial charge in [-0.3, -0.25) is 0 Å². The van der Waals surface area contributed by atoms with Crippen molar-refractivity contribution >= 4 is 27.3 Å². The summed E-state index contributed by atoms with van der Waals surface area (Å²) in [5.41, 5.74) is 1.34. The Morgan fingerprint density at radius 3 is 2.57 bits per heavy atom. The van der Waals surface area contributed by atoms with Gasteiger partial charge in [-0.25, -0.2) is 8.78 Å². The molecule has 21 heavy (non-hydrogen) atoms. The van der Waals surface area contributed by atoms with Crippen molar-refractivity contribution in [2.24, 2.45) is 0 Å². The summed E-state index contributed by atoms with van der Waals surface area (Å²) in [4.78, 5) is 2.36. The molecule has 1 nitrogen and oxygen atoms in total. The molecule has 0 fully saturated rings. The van der Waals surface area contributed by atoms with Crippen molar-refractivity contribution in [3.05, 3.63) is 55.2 Å². The minimum absolute atomic E-state index is 0.0781. The molecule has 5 heteroatoms. The molecule has 0 bridgehead atoms. The van der Waals surface area contributed by atoms with Crippen LogP contribution in [0.3, 0.4) is 0 Å². The van der Waals surface area contributed by atoms with Crippen LogP contribution in [0.1, 0.15) is 33.8 Å². The summed E-state index contributed by atoms with van der Waals surface area (Å²) >= 11 is 4.80. The van der Waals surface area contributed by atoms with Crippen LogP contribution >= 0.6 is 27.3 Å². The molecule has 0 saturated heterocycles. The summed E-state index contributed by atoms with van der Waals surface area (Å²) < 4.78 is 28.4. The topological polar surface area (TPSA) is 12.0 Å². The van der Waals surface area contributed by atoms with Gasteiger partial charge in [0.05, 0.1) is 4.47 Å². The second-order valence-electron chi connectivity index (χ2n) is 5.02. The highest BCUT2D eigenvalue weighted by Gasteiger charge is 2.20. The Kier molecular flexibility index (Phi) is 5.52. The van der Waals surface area contributed by atoms with Crippen LogP contribution in [-0.4, -0.2) is 6.54 Å². The van der Waals surface area contributed by atoms with Crippen molar-refractivity contribution in [3.8, 4) is 0 Å². The SMILES string of the molecule is CCNC(Cc1c(F)ccc(Br)c1F)c1cc(C)c(C)s1. The lowest BCUT2D eigenvalue weighted by Gasteiger charge is -2.17. The fourth-order valence-electron chi connectivity index (χ4n) is 2.25. The van der Waals surface area contributed by atoms with Crippen LogP contribution in [0.5, 0.6) is 0 Å². The average Bonchev–Trinajstić information content (AvgIpc) is 2.78. The van der Waals surface area contributed by atoms with Gasteiger partial charge in [-0.2, -0.15) is 0 Å². The molecule has 1 unspecified atom stereocenters. The summed E-state index contributed by atoms with van der Waals surface area (Å²) in [6.45, 7) is 6.86. The number of halogens is 3. The summed E-state index contributed by atoms with van der Waals surface area (Å²) in [5.74, 6) is -1.01. The molecule has 2 rings (SSSR count). The van der Waals surface area contributed by atoms with E-state index in [9.17, 15) is 8.78 Å². The zero-order chi connectivity index (χ0) is 15.6. The van der Waals surface area contributed by atoms with Crippen LogP contribution in [0.25, 0.3) is 0 Å². The molecule has 114 valence electrons. The summed E-state index contributed by atoms with van der Waals surface area (Å²) in [7, 11) is 0. The Hall–Kier alpha value is -0.780. The van der Waals surface area contributed by atoms with Crippen LogP contribution in [0.4, 0.5) is 8.78 Å². The van der Waals surface area contributed by atoms with Crippen LogP contribution in [0, 0.1) is 25.5 Å². The normalized spacial score (nSPS) is 12.7. The van der Waals surface area contributed by atoms with Crippen LogP contribution in [-0.2, 0) is 6.42 Å². The van der Waals surface area contributed by atoms with Gasteiger partial charge in [-0.05, 0) is 66.5 Å². The van der Waals surface area contributed by atoms with E-state index in [1.165, 1.54) is 22.6 Å². The predicted molar refractivity (Wildman–Crippen MR) is 88.0 cm³/mol.